The van der Waals surface area contributed by atoms with Crippen molar-refractivity contribution in [2.45, 2.75) is 6.92 Å². The first-order valence-electron chi connectivity index (χ1n) is 3.06. The summed E-state index contributed by atoms with van der Waals surface area (Å²) in [4.78, 5) is 3.88. The average molecular weight is 136 g/mol. The van der Waals surface area contributed by atoms with Gasteiger partial charge in [-0.25, -0.2) is 0 Å². The van der Waals surface area contributed by atoms with Crippen LogP contribution in [0, 0.1) is 5.41 Å². The van der Waals surface area contributed by atoms with E-state index < -0.39 is 0 Å². The lowest BCUT2D eigenvalue weighted by atomic mass is 10.1. The number of rotatable bonds is 3. The van der Waals surface area contributed by atoms with Crippen LogP contribution in [0.3, 0.4) is 0 Å². The van der Waals surface area contributed by atoms with Gasteiger partial charge in [-0.05, 0) is 12.5 Å². The van der Waals surface area contributed by atoms with Gasteiger partial charge in [-0.2, -0.15) is 0 Å². The molecule has 0 bridgehead atoms. The predicted octanol–water partition coefficient (Wildman–Crippen LogP) is 1.84. The lowest BCUT2D eigenvalue weighted by Crippen LogP contribution is -2.00. The summed E-state index contributed by atoms with van der Waals surface area (Å²) in [6, 6.07) is 0. The van der Waals surface area contributed by atoms with E-state index in [4.69, 9.17) is 5.41 Å². The van der Waals surface area contributed by atoms with Crippen molar-refractivity contribution in [1.29, 1.82) is 5.41 Å². The molecule has 0 aromatic rings. The lowest BCUT2D eigenvalue weighted by Gasteiger charge is -1.96. The molecule has 0 fully saturated rings. The number of nitrogens with one attached hydrogen (secondary N) is 1. The van der Waals surface area contributed by atoms with Crippen LogP contribution in [0.2, 0.25) is 0 Å². The van der Waals surface area contributed by atoms with E-state index in [0.717, 1.165) is 5.57 Å². The van der Waals surface area contributed by atoms with Gasteiger partial charge in [-0.15, -0.1) is 0 Å². The predicted molar refractivity (Wildman–Crippen MR) is 46.1 cm³/mol. The van der Waals surface area contributed by atoms with E-state index in [1.54, 1.807) is 13.1 Å². The molecule has 0 aliphatic carbocycles. The fourth-order valence-electron chi connectivity index (χ4n) is 0.647. The van der Waals surface area contributed by atoms with Crippen molar-refractivity contribution in [3.05, 3.63) is 24.3 Å². The summed E-state index contributed by atoms with van der Waals surface area (Å²) >= 11 is 0. The van der Waals surface area contributed by atoms with E-state index in [9.17, 15) is 0 Å². The Morgan fingerprint density at radius 1 is 1.60 bits per heavy atom. The Bertz CT molecular complexity index is 165. The van der Waals surface area contributed by atoms with Gasteiger partial charge in [-0.1, -0.05) is 18.7 Å². The molecule has 0 aromatic heterocycles. The molecule has 10 heavy (non-hydrogen) atoms. The second-order valence-corrected chi connectivity index (χ2v) is 1.70. The first-order valence-corrected chi connectivity index (χ1v) is 3.06. The molecular formula is C8H12N2. The fraction of sp³-hybridized carbons (Fsp3) is 0.250. The quantitative estimate of drug-likeness (QED) is 0.454. The van der Waals surface area contributed by atoms with Crippen molar-refractivity contribution in [2.24, 2.45) is 4.99 Å². The van der Waals surface area contributed by atoms with Crippen molar-refractivity contribution in [3.8, 4) is 0 Å². The van der Waals surface area contributed by atoms with Gasteiger partial charge >= 0.3 is 0 Å². The smallest absolute Gasteiger partial charge is 0.0815 e. The largest absolute Gasteiger partial charge is 0.306 e. The third-order valence-electron chi connectivity index (χ3n) is 1.20. The molecule has 0 spiro atoms. The van der Waals surface area contributed by atoms with E-state index in [0.29, 0.717) is 5.71 Å². The average Bonchev–Trinajstić information content (AvgIpc) is 2.00. The summed E-state index contributed by atoms with van der Waals surface area (Å²) in [6.07, 6.45) is 4.78. The third-order valence-corrected chi connectivity index (χ3v) is 1.20. The summed E-state index contributed by atoms with van der Waals surface area (Å²) in [5, 5.41) is 6.95. The van der Waals surface area contributed by atoms with Crippen LogP contribution in [0.25, 0.3) is 0 Å². The van der Waals surface area contributed by atoms with Crippen LogP contribution in [0.5, 0.6) is 0 Å². The summed E-state index contributed by atoms with van der Waals surface area (Å²) in [5.74, 6) is 0. The zero-order valence-electron chi connectivity index (χ0n) is 6.39. The van der Waals surface area contributed by atoms with Crippen molar-refractivity contribution in [3.63, 3.8) is 0 Å². The molecule has 0 saturated heterocycles. The van der Waals surface area contributed by atoms with E-state index in [2.05, 4.69) is 11.6 Å². The van der Waals surface area contributed by atoms with Gasteiger partial charge in [0.1, 0.15) is 0 Å². The molecule has 0 saturated carbocycles. The van der Waals surface area contributed by atoms with Gasteiger partial charge in [-0.3, -0.25) is 4.99 Å². The van der Waals surface area contributed by atoms with Crippen molar-refractivity contribution in [1.82, 2.24) is 0 Å². The van der Waals surface area contributed by atoms with Crippen LogP contribution >= 0.6 is 0 Å². The Labute approximate surface area is 61.5 Å². The topological polar surface area (TPSA) is 36.2 Å². The van der Waals surface area contributed by atoms with E-state index >= 15 is 0 Å². The zero-order chi connectivity index (χ0) is 7.98. The molecule has 54 valence electrons. The van der Waals surface area contributed by atoms with Gasteiger partial charge in [0.15, 0.2) is 0 Å². The molecule has 0 unspecified atom stereocenters. The molecule has 2 nitrogen and oxygen atoms in total. The number of nitrogens with zero attached hydrogens (tertiary/aromatic N) is 1. The molecule has 0 atom stereocenters. The standard InChI is InChI=1S/C8H12N2/c1-4-7(5-2)8(6-9)10-3/h4-6,9H,1H2,2-3H3/b7-5-,9-6?,10-8?. The first kappa shape index (κ1) is 8.82. The van der Waals surface area contributed by atoms with Crippen molar-refractivity contribution < 1.29 is 0 Å². The maximum Gasteiger partial charge on any atom is 0.0815 e. The monoisotopic (exact) mass is 136 g/mol. The third kappa shape index (κ3) is 1.97. The van der Waals surface area contributed by atoms with Crippen LogP contribution in [-0.2, 0) is 0 Å². The molecule has 1 N–H and O–H groups in total. The van der Waals surface area contributed by atoms with Crippen molar-refractivity contribution in [2.75, 3.05) is 7.05 Å². The Hall–Kier alpha value is -1.18. The van der Waals surface area contributed by atoms with E-state index in [1.807, 2.05) is 13.0 Å². The number of hydrogen-bond donors (Lipinski definition) is 1. The Kier molecular flexibility index (Phi) is 4.12. The maximum atomic E-state index is 6.95. The Morgan fingerprint density at radius 2 is 2.20 bits per heavy atom. The first-order chi connectivity index (χ1) is 4.79. The highest BCUT2D eigenvalue weighted by Crippen LogP contribution is 1.96. The van der Waals surface area contributed by atoms with Crippen LogP contribution in [0.1, 0.15) is 6.92 Å². The van der Waals surface area contributed by atoms with Crippen LogP contribution in [0.15, 0.2) is 29.3 Å². The van der Waals surface area contributed by atoms with Gasteiger partial charge in [0.2, 0.25) is 0 Å². The Balaban J connectivity index is 4.58. The molecule has 0 amide bonds. The van der Waals surface area contributed by atoms with Gasteiger partial charge in [0, 0.05) is 13.3 Å². The number of hydrogen-bond acceptors (Lipinski definition) is 2. The maximum absolute atomic E-state index is 6.95. The Morgan fingerprint density at radius 3 is 2.30 bits per heavy atom. The highest BCUT2D eigenvalue weighted by atomic mass is 14.7. The SMILES string of the molecule is C=C/C(=C/C)C(C=N)=NC. The number of aliphatic imine (C=N–C) groups is 1. The summed E-state index contributed by atoms with van der Waals surface area (Å²) < 4.78 is 0. The normalized spacial score (nSPS) is 13.0. The summed E-state index contributed by atoms with van der Waals surface area (Å²) in [6.45, 7) is 5.49. The van der Waals surface area contributed by atoms with Gasteiger partial charge in [0.05, 0.1) is 5.71 Å². The molecule has 0 heterocycles. The molecule has 0 aromatic carbocycles. The van der Waals surface area contributed by atoms with Crippen LogP contribution in [0.4, 0.5) is 0 Å². The second-order valence-electron chi connectivity index (χ2n) is 1.70. The summed E-state index contributed by atoms with van der Waals surface area (Å²) in [5.41, 5.74) is 1.56. The fourth-order valence-corrected chi connectivity index (χ4v) is 0.647. The highest BCUT2D eigenvalue weighted by molar-refractivity contribution is 6.38. The minimum absolute atomic E-state index is 0.664. The number of allylic oxidation sites excluding steroid dienone is 3. The van der Waals surface area contributed by atoms with Crippen molar-refractivity contribution >= 4 is 11.9 Å². The van der Waals surface area contributed by atoms with E-state index in [1.165, 1.54) is 6.21 Å². The minimum Gasteiger partial charge on any atom is -0.306 e. The molecule has 0 radical (unpaired) electrons. The van der Waals surface area contributed by atoms with E-state index in [-0.39, 0.29) is 0 Å². The molecule has 0 aliphatic rings. The van der Waals surface area contributed by atoms with Crippen LogP contribution in [-0.4, -0.2) is 19.0 Å². The lowest BCUT2D eigenvalue weighted by molar-refractivity contribution is 1.44. The zero-order valence-corrected chi connectivity index (χ0v) is 6.39. The highest BCUT2D eigenvalue weighted by Gasteiger charge is 1.94. The molecule has 0 aliphatic heterocycles. The summed E-state index contributed by atoms with van der Waals surface area (Å²) in [7, 11) is 1.66. The van der Waals surface area contributed by atoms with Gasteiger partial charge < -0.3 is 5.41 Å². The molecule has 0 rings (SSSR count). The second kappa shape index (κ2) is 4.68. The van der Waals surface area contributed by atoms with Gasteiger partial charge in [0.25, 0.3) is 0 Å². The van der Waals surface area contributed by atoms with Crippen LogP contribution < -0.4 is 0 Å². The minimum atomic E-state index is 0.664. The molecular weight excluding hydrogens is 124 g/mol. The molecule has 2 heteroatoms.